The Morgan fingerprint density at radius 3 is 2.17 bits per heavy atom. The van der Waals surface area contributed by atoms with Gasteiger partial charge in [0.2, 0.25) is 5.91 Å². The van der Waals surface area contributed by atoms with E-state index in [1.807, 2.05) is 80.3 Å². The fraction of sp³-hybridized carbons (Fsp3) is 0.350. The third kappa shape index (κ3) is 4.51. The number of hydrogen-bond acceptors (Lipinski definition) is 3. The van der Waals surface area contributed by atoms with Crippen molar-refractivity contribution in [2.45, 2.75) is 26.8 Å². The van der Waals surface area contributed by atoms with Crippen LogP contribution in [0.15, 0.2) is 54.6 Å². The summed E-state index contributed by atoms with van der Waals surface area (Å²) < 4.78 is 5.47. The fourth-order valence-corrected chi connectivity index (χ4v) is 2.63. The molecule has 0 radical (unpaired) electrons. The Morgan fingerprint density at radius 1 is 1.00 bits per heavy atom. The Hall–Kier alpha value is -2.49. The summed E-state index contributed by atoms with van der Waals surface area (Å²) in [5.74, 6) is 0.912. The number of hydrogen-bond donors (Lipinski definition) is 1. The lowest BCUT2D eigenvalue weighted by Gasteiger charge is -2.27. The highest BCUT2D eigenvalue weighted by Crippen LogP contribution is 2.23. The summed E-state index contributed by atoms with van der Waals surface area (Å²) in [6.45, 7) is 7.99. The SMILES string of the molecule is CCOc1ccc(N[C@@H](C(=O)N(CC)CC)c2ccccc2)cc1. The fourth-order valence-electron chi connectivity index (χ4n) is 2.63. The minimum atomic E-state index is -0.399. The standard InChI is InChI=1S/C20H26N2O2/c1-4-22(5-2)20(23)19(16-10-8-7-9-11-16)21-17-12-14-18(15-13-17)24-6-3/h7-15,19,21H,4-6H2,1-3H3/t19-/m1/s1. The molecule has 0 saturated heterocycles. The molecule has 2 aromatic rings. The maximum absolute atomic E-state index is 12.9. The van der Waals surface area contributed by atoms with Gasteiger partial charge in [0.25, 0.3) is 0 Å². The normalized spacial score (nSPS) is 11.6. The molecule has 4 heteroatoms. The van der Waals surface area contributed by atoms with Crippen LogP contribution >= 0.6 is 0 Å². The summed E-state index contributed by atoms with van der Waals surface area (Å²) in [6, 6.07) is 17.1. The van der Waals surface area contributed by atoms with Crippen molar-refractivity contribution < 1.29 is 9.53 Å². The zero-order valence-electron chi connectivity index (χ0n) is 14.7. The van der Waals surface area contributed by atoms with E-state index in [0.29, 0.717) is 19.7 Å². The van der Waals surface area contributed by atoms with Gasteiger partial charge in [-0.15, -0.1) is 0 Å². The van der Waals surface area contributed by atoms with Crippen molar-refractivity contribution in [2.75, 3.05) is 25.0 Å². The number of carbonyl (C=O) groups excluding carboxylic acids is 1. The Balaban J connectivity index is 2.24. The van der Waals surface area contributed by atoms with Gasteiger partial charge >= 0.3 is 0 Å². The highest BCUT2D eigenvalue weighted by molar-refractivity contribution is 5.86. The summed E-state index contributed by atoms with van der Waals surface area (Å²) in [6.07, 6.45) is 0. The van der Waals surface area contributed by atoms with E-state index in [9.17, 15) is 4.79 Å². The molecule has 0 bridgehead atoms. The first-order valence-electron chi connectivity index (χ1n) is 8.52. The summed E-state index contributed by atoms with van der Waals surface area (Å²) in [5, 5.41) is 3.37. The van der Waals surface area contributed by atoms with Crippen LogP contribution in [0.1, 0.15) is 32.4 Å². The van der Waals surface area contributed by atoms with E-state index < -0.39 is 6.04 Å². The van der Waals surface area contributed by atoms with Crippen molar-refractivity contribution in [2.24, 2.45) is 0 Å². The minimum absolute atomic E-state index is 0.0834. The molecule has 0 heterocycles. The van der Waals surface area contributed by atoms with Gasteiger partial charge < -0.3 is 15.0 Å². The van der Waals surface area contributed by atoms with Gasteiger partial charge in [-0.05, 0) is 50.6 Å². The predicted octanol–water partition coefficient (Wildman–Crippen LogP) is 4.11. The van der Waals surface area contributed by atoms with Crippen LogP contribution in [0.25, 0.3) is 0 Å². The second-order valence-corrected chi connectivity index (χ2v) is 5.46. The molecule has 1 N–H and O–H groups in total. The number of likely N-dealkylation sites (N-methyl/N-ethyl adjacent to an activating group) is 1. The van der Waals surface area contributed by atoms with E-state index in [2.05, 4.69) is 5.32 Å². The van der Waals surface area contributed by atoms with Crippen LogP contribution in [-0.2, 0) is 4.79 Å². The van der Waals surface area contributed by atoms with Crippen LogP contribution in [0.5, 0.6) is 5.75 Å². The predicted molar refractivity (Wildman–Crippen MR) is 98.3 cm³/mol. The minimum Gasteiger partial charge on any atom is -0.494 e. The number of benzene rings is 2. The number of nitrogens with zero attached hydrogens (tertiary/aromatic N) is 1. The van der Waals surface area contributed by atoms with Gasteiger partial charge in [-0.3, -0.25) is 4.79 Å². The third-order valence-corrected chi connectivity index (χ3v) is 3.93. The molecular weight excluding hydrogens is 300 g/mol. The van der Waals surface area contributed by atoms with Crippen LogP contribution in [0.3, 0.4) is 0 Å². The Labute approximate surface area is 144 Å². The summed E-state index contributed by atoms with van der Waals surface area (Å²) in [7, 11) is 0. The van der Waals surface area contributed by atoms with E-state index in [1.165, 1.54) is 0 Å². The van der Waals surface area contributed by atoms with Gasteiger partial charge in [0, 0.05) is 18.8 Å². The maximum atomic E-state index is 12.9. The molecule has 2 rings (SSSR count). The molecule has 24 heavy (non-hydrogen) atoms. The zero-order chi connectivity index (χ0) is 17.4. The number of rotatable bonds is 8. The smallest absolute Gasteiger partial charge is 0.249 e. The lowest BCUT2D eigenvalue weighted by Crippen LogP contribution is -2.37. The number of anilines is 1. The van der Waals surface area contributed by atoms with Crippen LogP contribution in [0.4, 0.5) is 5.69 Å². The molecule has 0 unspecified atom stereocenters. The second kappa shape index (κ2) is 8.96. The lowest BCUT2D eigenvalue weighted by atomic mass is 10.0. The van der Waals surface area contributed by atoms with E-state index >= 15 is 0 Å². The summed E-state index contributed by atoms with van der Waals surface area (Å²) in [4.78, 5) is 14.8. The molecule has 0 aliphatic carbocycles. The van der Waals surface area contributed by atoms with Crippen molar-refractivity contribution >= 4 is 11.6 Å². The van der Waals surface area contributed by atoms with Crippen LogP contribution in [0, 0.1) is 0 Å². The van der Waals surface area contributed by atoms with Crippen molar-refractivity contribution in [1.82, 2.24) is 4.90 Å². The van der Waals surface area contributed by atoms with E-state index in [-0.39, 0.29) is 5.91 Å². The van der Waals surface area contributed by atoms with Gasteiger partial charge in [0.05, 0.1) is 6.61 Å². The molecule has 2 aromatic carbocycles. The van der Waals surface area contributed by atoms with Crippen LogP contribution < -0.4 is 10.1 Å². The highest BCUT2D eigenvalue weighted by Gasteiger charge is 2.24. The molecule has 0 saturated carbocycles. The molecular formula is C20H26N2O2. The van der Waals surface area contributed by atoms with Gasteiger partial charge in [0.15, 0.2) is 0 Å². The second-order valence-electron chi connectivity index (χ2n) is 5.46. The molecule has 128 valence electrons. The summed E-state index contributed by atoms with van der Waals surface area (Å²) in [5.41, 5.74) is 1.86. The van der Waals surface area contributed by atoms with Crippen molar-refractivity contribution in [3.05, 3.63) is 60.2 Å². The van der Waals surface area contributed by atoms with E-state index in [1.54, 1.807) is 0 Å². The van der Waals surface area contributed by atoms with Crippen molar-refractivity contribution in [1.29, 1.82) is 0 Å². The van der Waals surface area contributed by atoms with Gasteiger partial charge in [-0.1, -0.05) is 30.3 Å². The molecule has 0 aromatic heterocycles. The largest absolute Gasteiger partial charge is 0.494 e. The number of amides is 1. The zero-order valence-corrected chi connectivity index (χ0v) is 14.7. The van der Waals surface area contributed by atoms with E-state index in [0.717, 1.165) is 17.0 Å². The molecule has 1 atom stereocenters. The first-order chi connectivity index (χ1) is 11.7. The van der Waals surface area contributed by atoms with Gasteiger partial charge in [-0.25, -0.2) is 0 Å². The van der Waals surface area contributed by atoms with Crippen molar-refractivity contribution in [3.63, 3.8) is 0 Å². The Morgan fingerprint density at radius 2 is 1.62 bits per heavy atom. The first kappa shape index (κ1) is 17.9. The van der Waals surface area contributed by atoms with Crippen molar-refractivity contribution in [3.8, 4) is 5.75 Å². The Kier molecular flexibility index (Phi) is 6.67. The molecule has 0 spiro atoms. The monoisotopic (exact) mass is 326 g/mol. The summed E-state index contributed by atoms with van der Waals surface area (Å²) >= 11 is 0. The van der Waals surface area contributed by atoms with E-state index in [4.69, 9.17) is 4.74 Å². The Bertz CT molecular complexity index is 622. The van der Waals surface area contributed by atoms with Gasteiger partial charge in [-0.2, -0.15) is 0 Å². The molecule has 4 nitrogen and oxygen atoms in total. The number of nitrogens with one attached hydrogen (secondary N) is 1. The lowest BCUT2D eigenvalue weighted by molar-refractivity contribution is -0.131. The van der Waals surface area contributed by atoms with Gasteiger partial charge in [0.1, 0.15) is 11.8 Å². The first-order valence-corrected chi connectivity index (χ1v) is 8.52. The topological polar surface area (TPSA) is 41.6 Å². The molecule has 0 aliphatic rings. The average molecular weight is 326 g/mol. The van der Waals surface area contributed by atoms with Crippen LogP contribution in [0.2, 0.25) is 0 Å². The quantitative estimate of drug-likeness (QED) is 0.794. The number of ether oxygens (including phenoxy) is 1. The molecule has 0 aliphatic heterocycles. The highest BCUT2D eigenvalue weighted by atomic mass is 16.5. The number of carbonyl (C=O) groups is 1. The molecule has 1 amide bonds. The van der Waals surface area contributed by atoms with Crippen LogP contribution in [-0.4, -0.2) is 30.5 Å². The third-order valence-electron chi connectivity index (χ3n) is 3.93. The average Bonchev–Trinajstić information content (AvgIpc) is 2.63. The molecule has 0 fully saturated rings. The maximum Gasteiger partial charge on any atom is 0.249 e.